The molecule has 11 nitrogen and oxygen atoms in total. The summed E-state index contributed by atoms with van der Waals surface area (Å²) in [5, 5.41) is 25.2. The number of rotatable bonds is 18. The van der Waals surface area contributed by atoms with E-state index in [1.54, 1.807) is 24.3 Å². The molecule has 256 valence electrons. The number of amides is 2. The highest BCUT2D eigenvalue weighted by atomic mass is 35.5. The first kappa shape index (κ1) is 37.5. The zero-order valence-electron chi connectivity index (χ0n) is 27.4. The van der Waals surface area contributed by atoms with E-state index in [0.717, 1.165) is 5.56 Å². The average molecular weight is 673 g/mol. The van der Waals surface area contributed by atoms with E-state index in [4.69, 9.17) is 25.8 Å². The second-order valence-electron chi connectivity index (χ2n) is 12.3. The summed E-state index contributed by atoms with van der Waals surface area (Å²) < 4.78 is 16.9. The minimum Gasteiger partial charge on any atom is -0.495 e. The van der Waals surface area contributed by atoms with Gasteiger partial charge in [-0.1, -0.05) is 81.8 Å². The quantitative estimate of drug-likeness (QED) is 0.103. The van der Waals surface area contributed by atoms with Gasteiger partial charge in [-0.25, -0.2) is 4.79 Å². The zero-order valence-corrected chi connectivity index (χ0v) is 28.1. The van der Waals surface area contributed by atoms with Gasteiger partial charge in [0.05, 0.1) is 24.2 Å². The SMILES string of the molecule is COc1ccc(C[C@H](NC(=O)/C=C/C[C@H](OC(=O)[C@@H](O)CC(C)C)[C@H](C)[C@H]2O[C@@H]2c2ccccc2)C(=O)NC[C@@H](C)C(=O)O)cc1Cl. The topological polar surface area (TPSA) is 164 Å². The van der Waals surface area contributed by atoms with Crippen molar-refractivity contribution in [1.29, 1.82) is 0 Å². The fourth-order valence-corrected chi connectivity index (χ4v) is 5.34. The number of hydrogen-bond acceptors (Lipinski definition) is 8. The van der Waals surface area contributed by atoms with Crippen LogP contribution >= 0.6 is 11.6 Å². The van der Waals surface area contributed by atoms with Crippen LogP contribution in [0.25, 0.3) is 0 Å². The molecule has 12 heteroatoms. The van der Waals surface area contributed by atoms with E-state index >= 15 is 0 Å². The highest BCUT2D eigenvalue weighted by Crippen LogP contribution is 2.45. The summed E-state index contributed by atoms with van der Waals surface area (Å²) in [6.07, 6.45) is 0.900. The first-order valence-corrected chi connectivity index (χ1v) is 16.1. The highest BCUT2D eigenvalue weighted by Gasteiger charge is 2.47. The highest BCUT2D eigenvalue weighted by molar-refractivity contribution is 6.32. The first-order valence-electron chi connectivity index (χ1n) is 15.7. The number of aliphatic hydroxyl groups excluding tert-OH is 1. The maximum atomic E-state index is 13.1. The number of esters is 1. The van der Waals surface area contributed by atoms with Crippen molar-refractivity contribution in [3.63, 3.8) is 0 Å². The number of carboxylic acids is 1. The van der Waals surface area contributed by atoms with Crippen molar-refractivity contribution in [2.75, 3.05) is 13.7 Å². The van der Waals surface area contributed by atoms with E-state index < -0.39 is 47.9 Å². The number of carboxylic acid groups (broad SMARTS) is 1. The smallest absolute Gasteiger partial charge is 0.335 e. The van der Waals surface area contributed by atoms with Crippen LogP contribution in [0.3, 0.4) is 0 Å². The molecule has 0 radical (unpaired) electrons. The second kappa shape index (κ2) is 17.8. The van der Waals surface area contributed by atoms with Crippen molar-refractivity contribution in [2.45, 2.75) is 77.4 Å². The van der Waals surface area contributed by atoms with Crippen LogP contribution in [0.2, 0.25) is 5.02 Å². The molecule has 0 aliphatic carbocycles. The van der Waals surface area contributed by atoms with Crippen LogP contribution in [-0.2, 0) is 35.1 Å². The maximum Gasteiger partial charge on any atom is 0.335 e. The number of aliphatic hydroxyl groups is 1. The lowest BCUT2D eigenvalue weighted by Crippen LogP contribution is -2.48. The monoisotopic (exact) mass is 672 g/mol. The van der Waals surface area contributed by atoms with Crippen molar-refractivity contribution in [2.24, 2.45) is 17.8 Å². The van der Waals surface area contributed by atoms with Crippen LogP contribution in [0, 0.1) is 17.8 Å². The fraction of sp³-hybridized carbons (Fsp3) is 0.486. The Kier molecular flexibility index (Phi) is 14.2. The van der Waals surface area contributed by atoms with E-state index in [1.165, 1.54) is 20.1 Å². The molecule has 2 amide bonds. The average Bonchev–Trinajstić information content (AvgIpc) is 3.83. The van der Waals surface area contributed by atoms with Crippen LogP contribution in [0.15, 0.2) is 60.7 Å². The number of carbonyl (C=O) groups excluding carboxylic acids is 3. The number of methoxy groups -OCH3 is 1. The summed E-state index contributed by atoms with van der Waals surface area (Å²) in [4.78, 5) is 50.2. The van der Waals surface area contributed by atoms with Crippen molar-refractivity contribution in [3.8, 4) is 5.75 Å². The normalized spacial score (nSPS) is 18.9. The van der Waals surface area contributed by atoms with Gasteiger partial charge < -0.3 is 35.1 Å². The third-order valence-corrected chi connectivity index (χ3v) is 8.22. The Labute approximate surface area is 280 Å². The molecule has 0 spiro atoms. The minimum atomic E-state index is -1.28. The Balaban J connectivity index is 1.72. The van der Waals surface area contributed by atoms with E-state index in [1.807, 2.05) is 51.1 Å². The largest absolute Gasteiger partial charge is 0.495 e. The van der Waals surface area contributed by atoms with Crippen molar-refractivity contribution in [1.82, 2.24) is 10.6 Å². The molecule has 3 rings (SSSR count). The van der Waals surface area contributed by atoms with Crippen LogP contribution in [0.1, 0.15) is 57.8 Å². The number of halogens is 1. The summed E-state index contributed by atoms with van der Waals surface area (Å²) >= 11 is 6.26. The minimum absolute atomic E-state index is 0.0709. The Morgan fingerprint density at radius 1 is 1.06 bits per heavy atom. The Morgan fingerprint density at radius 3 is 2.38 bits per heavy atom. The molecule has 1 aliphatic rings. The van der Waals surface area contributed by atoms with Gasteiger partial charge in [-0.3, -0.25) is 14.4 Å². The Hall–Kier alpha value is -3.93. The molecule has 7 atom stereocenters. The lowest BCUT2D eigenvalue weighted by atomic mass is 9.93. The molecule has 0 saturated carbocycles. The Bertz CT molecular complexity index is 1400. The molecule has 0 bridgehead atoms. The number of aliphatic carboxylic acids is 1. The van der Waals surface area contributed by atoms with E-state index in [9.17, 15) is 29.4 Å². The van der Waals surface area contributed by atoms with Gasteiger partial charge in [-0.05, 0) is 41.7 Å². The molecular weight excluding hydrogens is 628 g/mol. The maximum absolute atomic E-state index is 13.1. The lowest BCUT2D eigenvalue weighted by Gasteiger charge is -2.24. The van der Waals surface area contributed by atoms with E-state index in [0.29, 0.717) is 16.3 Å². The number of carbonyl (C=O) groups is 4. The molecule has 4 N–H and O–H groups in total. The molecule has 47 heavy (non-hydrogen) atoms. The lowest BCUT2D eigenvalue weighted by molar-refractivity contribution is -0.162. The van der Waals surface area contributed by atoms with E-state index in [-0.39, 0.29) is 49.9 Å². The van der Waals surface area contributed by atoms with Crippen molar-refractivity contribution >= 4 is 35.4 Å². The third kappa shape index (κ3) is 11.7. The molecule has 2 aromatic carbocycles. The fourth-order valence-electron chi connectivity index (χ4n) is 5.06. The molecule has 1 heterocycles. The predicted molar refractivity (Wildman–Crippen MR) is 176 cm³/mol. The van der Waals surface area contributed by atoms with Crippen LogP contribution in [0.4, 0.5) is 0 Å². The van der Waals surface area contributed by atoms with Crippen LogP contribution in [0.5, 0.6) is 5.75 Å². The summed E-state index contributed by atoms with van der Waals surface area (Å²) in [5.41, 5.74) is 1.65. The predicted octanol–water partition coefficient (Wildman–Crippen LogP) is 4.25. The molecule has 0 aromatic heterocycles. The first-order chi connectivity index (χ1) is 22.3. The van der Waals surface area contributed by atoms with Gasteiger partial charge in [-0.15, -0.1) is 0 Å². The van der Waals surface area contributed by atoms with Gasteiger partial charge in [0.25, 0.3) is 0 Å². The van der Waals surface area contributed by atoms with Gasteiger partial charge in [0, 0.05) is 25.3 Å². The molecule has 0 unspecified atom stereocenters. The summed E-state index contributed by atoms with van der Waals surface area (Å²) in [6.45, 7) is 7.02. The molecule has 1 aliphatic heterocycles. The summed E-state index contributed by atoms with van der Waals surface area (Å²) in [5.74, 6) is -3.52. The molecular formula is C35H45ClN2O9. The van der Waals surface area contributed by atoms with Gasteiger partial charge >= 0.3 is 11.9 Å². The van der Waals surface area contributed by atoms with Crippen LogP contribution < -0.4 is 15.4 Å². The van der Waals surface area contributed by atoms with Gasteiger partial charge in [-0.2, -0.15) is 0 Å². The van der Waals surface area contributed by atoms with Crippen molar-refractivity contribution < 1.29 is 43.6 Å². The van der Waals surface area contributed by atoms with Gasteiger partial charge in [0.1, 0.15) is 24.0 Å². The third-order valence-electron chi connectivity index (χ3n) is 7.92. The van der Waals surface area contributed by atoms with E-state index in [2.05, 4.69) is 10.6 Å². The second-order valence-corrected chi connectivity index (χ2v) is 12.7. The van der Waals surface area contributed by atoms with Crippen molar-refractivity contribution in [3.05, 3.63) is 76.8 Å². The number of hydrogen-bond donors (Lipinski definition) is 4. The molecule has 1 fully saturated rings. The molecule has 2 aromatic rings. The zero-order chi connectivity index (χ0) is 34.7. The number of ether oxygens (including phenoxy) is 3. The summed E-state index contributed by atoms with van der Waals surface area (Å²) in [6, 6.07) is 13.6. The van der Waals surface area contributed by atoms with Crippen LogP contribution in [-0.4, -0.2) is 72.0 Å². The van der Waals surface area contributed by atoms with Gasteiger partial charge in [0.2, 0.25) is 11.8 Å². The number of epoxide rings is 1. The summed E-state index contributed by atoms with van der Waals surface area (Å²) in [7, 11) is 1.48. The Morgan fingerprint density at radius 2 is 1.77 bits per heavy atom. The number of benzene rings is 2. The standard InChI is InChI=1S/C35H45ClN2O9/c1-20(2)16-27(39)35(44)46-28(22(4)31-32(47-31)24-10-7-6-8-11-24)12-9-13-30(40)38-26(33(41)37-19-21(3)34(42)43)18-23-14-15-29(45-5)25(36)17-23/h6-11,13-15,17,20-22,26-28,31-32,39H,12,16,18-19H2,1-5H3,(H,37,41)(H,38,40)(H,42,43)/b13-9+/t21-,22+,26+,27+,28+,31-,32-/m1/s1. The van der Waals surface area contributed by atoms with Gasteiger partial charge in [0.15, 0.2) is 6.10 Å². The molecule has 1 saturated heterocycles. The number of nitrogens with one attached hydrogen (secondary N) is 2.